The van der Waals surface area contributed by atoms with E-state index in [4.69, 9.17) is 18.9 Å². The molecule has 1 aliphatic carbocycles. The van der Waals surface area contributed by atoms with Crippen LogP contribution in [0.15, 0.2) is 0 Å². The number of rotatable bonds is 49. The lowest BCUT2D eigenvalue weighted by Crippen LogP contribution is -2.46. The van der Waals surface area contributed by atoms with E-state index >= 15 is 0 Å². The van der Waals surface area contributed by atoms with Crippen molar-refractivity contribution in [1.29, 1.82) is 0 Å². The minimum Gasteiger partial charge on any atom is -0.469 e. The number of hydrogen-bond donors (Lipinski definition) is 0. The highest BCUT2D eigenvalue weighted by Gasteiger charge is 2.23. The van der Waals surface area contributed by atoms with E-state index in [0.717, 1.165) is 77.8 Å². The lowest BCUT2D eigenvalue weighted by Gasteiger charge is -2.37. The Balaban J connectivity index is 2.75. The van der Waals surface area contributed by atoms with Crippen LogP contribution in [-0.4, -0.2) is 149 Å². The van der Waals surface area contributed by atoms with Crippen molar-refractivity contribution in [2.45, 2.75) is 239 Å². The van der Waals surface area contributed by atoms with Crippen molar-refractivity contribution in [2.24, 2.45) is 0 Å². The smallest absolute Gasteiger partial charge is 0.307 e. The number of esters is 4. The van der Waals surface area contributed by atoms with E-state index in [2.05, 4.69) is 47.4 Å². The third kappa shape index (κ3) is 39.4. The molecule has 1 fully saturated rings. The van der Waals surface area contributed by atoms with Crippen molar-refractivity contribution in [3.05, 3.63) is 0 Å². The average Bonchev–Trinajstić information content (AvgIpc) is 3.35. The summed E-state index contributed by atoms with van der Waals surface area (Å²) in [6.45, 7) is 15.4. The van der Waals surface area contributed by atoms with Crippen molar-refractivity contribution in [2.75, 3.05) is 99.4 Å². The fraction of sp³-hybridized carbons (Fsp3) is 0.929. The van der Waals surface area contributed by atoms with E-state index in [9.17, 15) is 19.2 Å². The fourth-order valence-electron chi connectivity index (χ4n) is 9.17. The molecule has 400 valence electrons. The Kier molecular flexibility index (Phi) is 44.1. The summed E-state index contributed by atoms with van der Waals surface area (Å²) in [6, 6.07) is 0.514. The second-order valence-corrected chi connectivity index (χ2v) is 20.0. The van der Waals surface area contributed by atoms with Crippen LogP contribution in [0.2, 0.25) is 0 Å². The summed E-state index contributed by atoms with van der Waals surface area (Å²) in [5.41, 5.74) is 0. The van der Waals surface area contributed by atoms with Crippen molar-refractivity contribution in [3.63, 3.8) is 0 Å². The van der Waals surface area contributed by atoms with Crippen LogP contribution < -0.4 is 0 Å². The maximum atomic E-state index is 12.9. The Bertz CT molecular complexity index is 1150. The number of hydrogen-bond acceptors (Lipinski definition) is 12. The van der Waals surface area contributed by atoms with Crippen molar-refractivity contribution >= 4 is 23.9 Å². The van der Waals surface area contributed by atoms with E-state index in [1.807, 2.05) is 0 Å². The van der Waals surface area contributed by atoms with E-state index in [-0.39, 0.29) is 30.3 Å². The van der Waals surface area contributed by atoms with Crippen molar-refractivity contribution < 1.29 is 38.1 Å². The summed E-state index contributed by atoms with van der Waals surface area (Å²) >= 11 is 0. The molecule has 0 aromatic heterocycles. The monoisotopic (exact) mass is 965 g/mol. The number of likely N-dealkylation sites (N-methyl/N-ethyl adjacent to an activating group) is 1. The first-order chi connectivity index (χ1) is 33.2. The largest absolute Gasteiger partial charge is 0.469 e. The van der Waals surface area contributed by atoms with Crippen LogP contribution in [0, 0.1) is 0 Å². The topological polar surface area (TPSA) is 118 Å². The summed E-state index contributed by atoms with van der Waals surface area (Å²) in [5.74, 6) is -0.730. The van der Waals surface area contributed by atoms with Crippen LogP contribution in [-0.2, 0) is 38.1 Å². The lowest BCUT2D eigenvalue weighted by atomic mass is 9.94. The first-order valence-corrected chi connectivity index (χ1v) is 28.6. The second-order valence-electron chi connectivity index (χ2n) is 20.0. The molecule has 0 atom stereocenters. The van der Waals surface area contributed by atoms with Crippen LogP contribution in [0.4, 0.5) is 0 Å². The molecule has 0 aromatic rings. The molecule has 0 heterocycles. The molecule has 12 heteroatoms. The molecule has 0 saturated heterocycles. The molecule has 0 spiro atoms. The van der Waals surface area contributed by atoms with Crippen LogP contribution in [0.1, 0.15) is 233 Å². The van der Waals surface area contributed by atoms with Gasteiger partial charge in [0, 0.05) is 71.5 Å². The molecule has 0 amide bonds. The van der Waals surface area contributed by atoms with Gasteiger partial charge in [0.05, 0.1) is 52.6 Å². The van der Waals surface area contributed by atoms with E-state index in [1.165, 1.54) is 155 Å². The maximum absolute atomic E-state index is 12.9. The first kappa shape index (κ1) is 63.7. The normalized spacial score (nSPS) is 13.2. The van der Waals surface area contributed by atoms with Gasteiger partial charge in [0.2, 0.25) is 0 Å². The highest BCUT2D eigenvalue weighted by Crippen LogP contribution is 2.23. The fourth-order valence-corrected chi connectivity index (χ4v) is 9.17. The van der Waals surface area contributed by atoms with Crippen LogP contribution in [0.5, 0.6) is 0 Å². The average molecular weight is 965 g/mol. The van der Waals surface area contributed by atoms with E-state index in [1.54, 1.807) is 0 Å². The molecule has 0 radical (unpaired) electrons. The van der Waals surface area contributed by atoms with Crippen molar-refractivity contribution in [3.8, 4) is 0 Å². The Hall–Kier alpha value is -2.28. The molecule has 0 unspecified atom stereocenters. The predicted octanol–water partition coefficient (Wildman–Crippen LogP) is 11.9. The van der Waals surface area contributed by atoms with E-state index < -0.39 is 0 Å². The van der Waals surface area contributed by atoms with Gasteiger partial charge in [-0.1, -0.05) is 175 Å². The third-order valence-electron chi connectivity index (χ3n) is 13.9. The van der Waals surface area contributed by atoms with Gasteiger partial charge in [-0.2, -0.15) is 0 Å². The molecule has 12 nitrogen and oxygen atoms in total. The molecule has 0 aromatic carbocycles. The Morgan fingerprint density at radius 1 is 0.382 bits per heavy atom. The minimum atomic E-state index is -0.246. The molecular weight excluding hydrogens is 857 g/mol. The first-order valence-electron chi connectivity index (χ1n) is 28.6. The maximum Gasteiger partial charge on any atom is 0.307 e. The Morgan fingerprint density at radius 2 is 0.691 bits per heavy atom. The van der Waals surface area contributed by atoms with Crippen molar-refractivity contribution in [1.82, 2.24) is 19.6 Å². The Labute approximate surface area is 418 Å². The number of ether oxygens (including phenoxy) is 4. The zero-order chi connectivity index (χ0) is 49.6. The Morgan fingerprint density at radius 3 is 1.06 bits per heavy atom. The molecule has 68 heavy (non-hydrogen) atoms. The highest BCUT2D eigenvalue weighted by atomic mass is 16.5. The zero-order valence-corrected chi connectivity index (χ0v) is 45.2. The SMILES string of the molecule is CCCCCCCCCCOC(=O)CCN(CCC(=O)OC)CCN(C)CCN(CCN(CCC(=O)OCCCCCCCCCC)CCC(=O)OCCCCCCCCCC)C1CCCCC1. The number of carbonyl (C=O) groups is 4. The highest BCUT2D eigenvalue weighted by molar-refractivity contribution is 5.70. The summed E-state index contributed by atoms with van der Waals surface area (Å²) in [5, 5.41) is 0. The molecule has 1 rings (SSSR count). The van der Waals surface area contributed by atoms with Gasteiger partial charge in [-0.15, -0.1) is 0 Å². The molecule has 0 aliphatic heterocycles. The van der Waals surface area contributed by atoms with Crippen LogP contribution >= 0.6 is 0 Å². The molecule has 0 N–H and O–H groups in total. The quantitative estimate of drug-likeness (QED) is 0.0328. The molecule has 0 bridgehead atoms. The van der Waals surface area contributed by atoms with Gasteiger partial charge >= 0.3 is 23.9 Å². The van der Waals surface area contributed by atoms with Gasteiger partial charge in [0.25, 0.3) is 0 Å². The summed E-state index contributed by atoms with van der Waals surface area (Å²) in [6.07, 6.45) is 36.3. The summed E-state index contributed by atoms with van der Waals surface area (Å²) < 4.78 is 21.9. The van der Waals surface area contributed by atoms with Gasteiger partial charge in [-0.3, -0.25) is 24.1 Å². The summed E-state index contributed by atoms with van der Waals surface area (Å²) in [4.78, 5) is 60.1. The van der Waals surface area contributed by atoms with Gasteiger partial charge in [0.1, 0.15) is 0 Å². The molecule has 1 aliphatic rings. The summed E-state index contributed by atoms with van der Waals surface area (Å²) in [7, 11) is 3.57. The van der Waals surface area contributed by atoms with E-state index in [0.29, 0.717) is 71.3 Å². The standard InChI is InChI=1S/C56H108N4O8/c1-6-9-12-15-18-21-24-30-49-66-54(62)36-40-58(39-35-53(61)65-5)45-43-57(4)44-47-60(52-33-28-27-29-34-52)48-46-59(41-37-55(63)67-50-31-25-22-19-16-13-10-7-2)42-38-56(64)68-51-32-26-23-20-17-14-11-8-3/h52H,6-51H2,1-5H3. The van der Waals surface area contributed by atoms with Crippen LogP contribution in [0.25, 0.3) is 0 Å². The van der Waals surface area contributed by atoms with Crippen LogP contribution in [0.3, 0.4) is 0 Å². The minimum absolute atomic E-state index is 0.155. The predicted molar refractivity (Wildman–Crippen MR) is 280 cm³/mol. The zero-order valence-electron chi connectivity index (χ0n) is 45.2. The number of methoxy groups -OCH3 is 1. The molecule has 1 saturated carbocycles. The molecular formula is C56H108N4O8. The van der Waals surface area contributed by atoms with Gasteiger partial charge in [-0.25, -0.2) is 0 Å². The van der Waals surface area contributed by atoms with Gasteiger partial charge < -0.3 is 33.6 Å². The van der Waals surface area contributed by atoms with Gasteiger partial charge in [-0.05, 0) is 39.2 Å². The number of nitrogens with zero attached hydrogens (tertiary/aromatic N) is 4. The number of unbranched alkanes of at least 4 members (excludes halogenated alkanes) is 21. The second kappa shape index (κ2) is 47.1. The third-order valence-corrected chi connectivity index (χ3v) is 13.9. The number of carbonyl (C=O) groups excluding carboxylic acids is 4. The lowest BCUT2D eigenvalue weighted by molar-refractivity contribution is -0.145. The van der Waals surface area contributed by atoms with Gasteiger partial charge in [0.15, 0.2) is 0 Å².